The van der Waals surface area contributed by atoms with E-state index in [1.165, 1.54) is 5.56 Å². The van der Waals surface area contributed by atoms with Crippen molar-refractivity contribution in [1.29, 1.82) is 0 Å². The second kappa shape index (κ2) is 7.10. The van der Waals surface area contributed by atoms with E-state index in [1.54, 1.807) is 11.3 Å². The highest BCUT2D eigenvalue weighted by molar-refractivity contribution is 7.13. The van der Waals surface area contributed by atoms with Gasteiger partial charge in [0.05, 0.1) is 12.1 Å². The highest BCUT2D eigenvalue weighted by atomic mass is 32.1. The van der Waals surface area contributed by atoms with E-state index in [0.29, 0.717) is 0 Å². The summed E-state index contributed by atoms with van der Waals surface area (Å²) in [4.78, 5) is 17.0. The third-order valence-electron chi connectivity index (χ3n) is 4.23. The highest BCUT2D eigenvalue weighted by Gasteiger charge is 2.10. The maximum Gasteiger partial charge on any atom is 0.230 e. The van der Waals surface area contributed by atoms with Gasteiger partial charge in [0.1, 0.15) is 5.01 Å². The van der Waals surface area contributed by atoms with Crippen LogP contribution in [0.5, 0.6) is 0 Å². The van der Waals surface area contributed by atoms with Crippen LogP contribution in [0, 0.1) is 6.92 Å². The molecule has 4 rings (SSSR count). The number of nitrogens with one attached hydrogen (secondary N) is 1. The van der Waals surface area contributed by atoms with Gasteiger partial charge in [0.15, 0.2) is 0 Å². The fourth-order valence-corrected chi connectivity index (χ4v) is 3.68. The third-order valence-corrected chi connectivity index (χ3v) is 5.17. The molecule has 0 spiro atoms. The average molecular weight is 358 g/mol. The summed E-state index contributed by atoms with van der Waals surface area (Å²) in [6.45, 7) is 2.06. The summed E-state index contributed by atoms with van der Waals surface area (Å²) >= 11 is 1.57. The van der Waals surface area contributed by atoms with E-state index in [2.05, 4.69) is 47.6 Å². The van der Waals surface area contributed by atoms with Crippen molar-refractivity contribution < 1.29 is 4.79 Å². The van der Waals surface area contributed by atoms with Crippen LogP contribution in [-0.4, -0.2) is 10.9 Å². The molecule has 1 N–H and O–H groups in total. The zero-order valence-corrected chi connectivity index (χ0v) is 15.2. The lowest BCUT2D eigenvalue weighted by molar-refractivity contribution is -0.115. The minimum atomic E-state index is -0.0546. The van der Waals surface area contributed by atoms with Gasteiger partial charge in [0.2, 0.25) is 5.91 Å². The van der Waals surface area contributed by atoms with Crippen molar-refractivity contribution in [2.24, 2.45) is 0 Å². The van der Waals surface area contributed by atoms with Gasteiger partial charge in [-0.05, 0) is 29.8 Å². The smallest absolute Gasteiger partial charge is 0.230 e. The Morgan fingerprint density at radius 1 is 1.00 bits per heavy atom. The summed E-state index contributed by atoms with van der Waals surface area (Å²) in [5, 5.41) is 8.13. The lowest BCUT2D eigenvalue weighted by Gasteiger charge is -2.05. The molecule has 0 aliphatic heterocycles. The summed E-state index contributed by atoms with van der Waals surface area (Å²) in [6, 6.07) is 22.3. The average Bonchev–Trinajstić information content (AvgIpc) is 3.10. The molecule has 0 fully saturated rings. The largest absolute Gasteiger partial charge is 0.326 e. The minimum absolute atomic E-state index is 0.0546. The number of carbonyl (C=O) groups excluding carboxylic acids is 1. The molecule has 0 aliphatic carbocycles. The molecule has 0 atom stereocenters. The SMILES string of the molecule is Cc1ccc(-c2nc(CC(=O)Nc3ccc4ccccc4c3)cs2)cc1. The van der Waals surface area contributed by atoms with Gasteiger partial charge >= 0.3 is 0 Å². The van der Waals surface area contributed by atoms with Crippen LogP contribution >= 0.6 is 11.3 Å². The molecule has 128 valence electrons. The van der Waals surface area contributed by atoms with Gasteiger partial charge in [-0.15, -0.1) is 11.3 Å². The first-order valence-electron chi connectivity index (χ1n) is 8.47. The number of benzene rings is 3. The Bertz CT molecular complexity index is 1070. The van der Waals surface area contributed by atoms with Crippen LogP contribution in [0.15, 0.2) is 72.1 Å². The van der Waals surface area contributed by atoms with Gasteiger partial charge < -0.3 is 5.32 Å². The van der Waals surface area contributed by atoms with Crippen LogP contribution in [0.1, 0.15) is 11.3 Å². The van der Waals surface area contributed by atoms with Gasteiger partial charge in [0.25, 0.3) is 0 Å². The fraction of sp³-hybridized carbons (Fsp3) is 0.0909. The molecule has 0 aliphatic rings. The first-order chi connectivity index (χ1) is 12.7. The summed E-state index contributed by atoms with van der Waals surface area (Å²) in [5.41, 5.74) is 3.91. The summed E-state index contributed by atoms with van der Waals surface area (Å²) in [6.07, 6.45) is 0.273. The number of carbonyl (C=O) groups is 1. The predicted molar refractivity (Wildman–Crippen MR) is 109 cm³/mol. The van der Waals surface area contributed by atoms with E-state index in [4.69, 9.17) is 0 Å². The first-order valence-corrected chi connectivity index (χ1v) is 9.35. The van der Waals surface area contributed by atoms with Gasteiger partial charge in [-0.2, -0.15) is 0 Å². The maximum atomic E-state index is 12.4. The van der Waals surface area contributed by atoms with Crippen molar-refractivity contribution in [3.63, 3.8) is 0 Å². The molecular weight excluding hydrogens is 340 g/mol. The number of amides is 1. The normalized spacial score (nSPS) is 10.8. The zero-order chi connectivity index (χ0) is 17.9. The van der Waals surface area contributed by atoms with Crippen molar-refractivity contribution in [2.45, 2.75) is 13.3 Å². The zero-order valence-electron chi connectivity index (χ0n) is 14.4. The lowest BCUT2D eigenvalue weighted by Crippen LogP contribution is -2.14. The number of rotatable bonds is 4. The Hall–Kier alpha value is -2.98. The minimum Gasteiger partial charge on any atom is -0.326 e. The summed E-state index contributed by atoms with van der Waals surface area (Å²) in [5.74, 6) is -0.0546. The number of thiazole rings is 1. The molecular formula is C22H18N2OS. The third kappa shape index (κ3) is 3.65. The Kier molecular flexibility index (Phi) is 4.50. The van der Waals surface area contributed by atoms with E-state index >= 15 is 0 Å². The van der Waals surface area contributed by atoms with Crippen LogP contribution < -0.4 is 5.32 Å². The molecule has 0 unspecified atom stereocenters. The van der Waals surface area contributed by atoms with Crippen molar-refractivity contribution >= 4 is 33.7 Å². The number of fused-ring (bicyclic) bond motifs is 1. The molecule has 4 aromatic rings. The molecule has 26 heavy (non-hydrogen) atoms. The molecule has 0 saturated heterocycles. The molecule has 4 heteroatoms. The van der Waals surface area contributed by atoms with Crippen molar-refractivity contribution in [3.8, 4) is 10.6 Å². The van der Waals surface area contributed by atoms with Crippen LogP contribution in [0.2, 0.25) is 0 Å². The first kappa shape index (κ1) is 16.5. The number of nitrogens with zero attached hydrogens (tertiary/aromatic N) is 1. The van der Waals surface area contributed by atoms with Crippen LogP contribution in [0.3, 0.4) is 0 Å². The molecule has 0 bridgehead atoms. The Morgan fingerprint density at radius 3 is 2.58 bits per heavy atom. The fourth-order valence-electron chi connectivity index (χ4n) is 2.85. The standard InChI is InChI=1S/C22H18N2OS/c1-15-6-8-17(9-7-15)22-24-20(14-26-22)13-21(25)23-19-11-10-16-4-2-3-5-18(16)12-19/h2-12,14H,13H2,1H3,(H,23,25). The Labute approximate surface area is 156 Å². The topological polar surface area (TPSA) is 42.0 Å². The lowest BCUT2D eigenvalue weighted by atomic mass is 10.1. The maximum absolute atomic E-state index is 12.4. The summed E-state index contributed by atoms with van der Waals surface area (Å²) < 4.78 is 0. The second-order valence-corrected chi connectivity index (χ2v) is 7.16. The molecule has 3 aromatic carbocycles. The number of anilines is 1. The molecule has 0 saturated carbocycles. The van der Waals surface area contributed by atoms with Crippen molar-refractivity contribution in [3.05, 3.63) is 83.4 Å². The van der Waals surface area contributed by atoms with Gasteiger partial charge in [-0.1, -0.05) is 60.2 Å². The quantitative estimate of drug-likeness (QED) is 0.527. The van der Waals surface area contributed by atoms with E-state index in [0.717, 1.165) is 32.7 Å². The number of hydrogen-bond donors (Lipinski definition) is 1. The molecule has 1 heterocycles. The van der Waals surface area contributed by atoms with E-state index in [1.807, 2.05) is 41.8 Å². The van der Waals surface area contributed by atoms with Gasteiger partial charge in [-0.25, -0.2) is 4.98 Å². The van der Waals surface area contributed by atoms with Crippen molar-refractivity contribution in [2.75, 3.05) is 5.32 Å². The van der Waals surface area contributed by atoms with E-state index in [-0.39, 0.29) is 12.3 Å². The molecule has 0 radical (unpaired) electrons. The van der Waals surface area contributed by atoms with E-state index in [9.17, 15) is 4.79 Å². The molecule has 1 amide bonds. The van der Waals surface area contributed by atoms with Crippen LogP contribution in [0.25, 0.3) is 21.3 Å². The molecule has 1 aromatic heterocycles. The van der Waals surface area contributed by atoms with Crippen LogP contribution in [0.4, 0.5) is 5.69 Å². The monoisotopic (exact) mass is 358 g/mol. The van der Waals surface area contributed by atoms with Gasteiger partial charge in [-0.3, -0.25) is 4.79 Å². The number of aryl methyl sites for hydroxylation is 1. The van der Waals surface area contributed by atoms with E-state index < -0.39 is 0 Å². The van der Waals surface area contributed by atoms with Gasteiger partial charge in [0, 0.05) is 16.6 Å². The molecule has 3 nitrogen and oxygen atoms in total. The highest BCUT2D eigenvalue weighted by Crippen LogP contribution is 2.24. The summed E-state index contributed by atoms with van der Waals surface area (Å²) in [7, 11) is 0. The van der Waals surface area contributed by atoms with Crippen LogP contribution in [-0.2, 0) is 11.2 Å². The number of hydrogen-bond acceptors (Lipinski definition) is 3. The Morgan fingerprint density at radius 2 is 1.77 bits per heavy atom. The number of aromatic nitrogens is 1. The Balaban J connectivity index is 1.45. The van der Waals surface area contributed by atoms with Crippen molar-refractivity contribution in [1.82, 2.24) is 4.98 Å². The predicted octanol–water partition coefficient (Wildman–Crippen LogP) is 5.45. The second-order valence-electron chi connectivity index (χ2n) is 6.30.